The molecule has 0 unspecified atom stereocenters. The molecule has 0 spiro atoms. The SMILES string of the molecule is COc1ccc([C@H]2CC(=O)C3=C(C2)Nc2onc(C)c2[C@@H]3c2ccc(OC)c(O)c2)cc1. The molecule has 0 amide bonds. The minimum absolute atomic E-state index is 0.0284. The fraction of sp³-hybridized carbons (Fsp3) is 0.280. The molecule has 1 aliphatic carbocycles. The number of phenolic OH excluding ortho intramolecular Hbond substituents is 1. The minimum atomic E-state index is -0.367. The van der Waals surface area contributed by atoms with Gasteiger partial charge in [0.25, 0.3) is 0 Å². The summed E-state index contributed by atoms with van der Waals surface area (Å²) in [6, 6.07) is 13.1. The number of aromatic hydroxyl groups is 1. The van der Waals surface area contributed by atoms with E-state index in [1.165, 1.54) is 7.11 Å². The van der Waals surface area contributed by atoms with Crippen molar-refractivity contribution in [2.75, 3.05) is 19.5 Å². The second-order valence-electron chi connectivity index (χ2n) is 8.19. The van der Waals surface area contributed by atoms with Crippen molar-refractivity contribution in [3.63, 3.8) is 0 Å². The lowest BCUT2D eigenvalue weighted by molar-refractivity contribution is -0.116. The maximum atomic E-state index is 13.5. The Morgan fingerprint density at radius 2 is 1.81 bits per heavy atom. The molecule has 164 valence electrons. The Kier molecular flexibility index (Phi) is 4.89. The average Bonchev–Trinajstić information content (AvgIpc) is 3.17. The number of anilines is 1. The number of allylic oxidation sites excluding steroid dienone is 2. The Morgan fingerprint density at radius 3 is 2.50 bits per heavy atom. The van der Waals surface area contributed by atoms with Crippen LogP contribution in [0.2, 0.25) is 0 Å². The van der Waals surface area contributed by atoms with Crippen molar-refractivity contribution in [1.29, 1.82) is 0 Å². The number of ketones is 1. The molecule has 0 saturated carbocycles. The van der Waals surface area contributed by atoms with E-state index in [1.54, 1.807) is 19.2 Å². The molecule has 0 radical (unpaired) electrons. The van der Waals surface area contributed by atoms with Gasteiger partial charge in [0.1, 0.15) is 5.75 Å². The highest BCUT2D eigenvalue weighted by Crippen LogP contribution is 2.49. The number of hydrogen-bond donors (Lipinski definition) is 2. The summed E-state index contributed by atoms with van der Waals surface area (Å²) in [4.78, 5) is 13.5. The fourth-order valence-electron chi connectivity index (χ4n) is 4.80. The maximum Gasteiger partial charge on any atom is 0.233 e. The van der Waals surface area contributed by atoms with Crippen molar-refractivity contribution in [2.24, 2.45) is 0 Å². The van der Waals surface area contributed by atoms with Gasteiger partial charge in [-0.25, -0.2) is 0 Å². The third kappa shape index (κ3) is 3.21. The largest absolute Gasteiger partial charge is 0.504 e. The molecular weight excluding hydrogens is 408 g/mol. The summed E-state index contributed by atoms with van der Waals surface area (Å²) in [5.41, 5.74) is 4.96. The van der Waals surface area contributed by atoms with Crippen molar-refractivity contribution in [1.82, 2.24) is 5.16 Å². The van der Waals surface area contributed by atoms with E-state index in [0.29, 0.717) is 35.7 Å². The summed E-state index contributed by atoms with van der Waals surface area (Å²) < 4.78 is 16.0. The van der Waals surface area contributed by atoms with E-state index in [9.17, 15) is 9.90 Å². The molecule has 2 heterocycles. The van der Waals surface area contributed by atoms with Crippen LogP contribution in [0, 0.1) is 6.92 Å². The first-order valence-corrected chi connectivity index (χ1v) is 10.5. The van der Waals surface area contributed by atoms with Gasteiger partial charge in [-0.1, -0.05) is 23.4 Å². The van der Waals surface area contributed by atoms with Gasteiger partial charge < -0.3 is 24.4 Å². The van der Waals surface area contributed by atoms with Crippen LogP contribution in [0.15, 0.2) is 58.3 Å². The highest BCUT2D eigenvalue weighted by Gasteiger charge is 2.41. The summed E-state index contributed by atoms with van der Waals surface area (Å²) in [7, 11) is 3.14. The summed E-state index contributed by atoms with van der Waals surface area (Å²) >= 11 is 0. The van der Waals surface area contributed by atoms with Crippen molar-refractivity contribution in [3.8, 4) is 17.2 Å². The zero-order valence-electron chi connectivity index (χ0n) is 18.1. The number of carbonyl (C=O) groups is 1. The summed E-state index contributed by atoms with van der Waals surface area (Å²) in [5, 5.41) is 17.9. The Labute approximate surface area is 185 Å². The van der Waals surface area contributed by atoms with E-state index in [4.69, 9.17) is 14.0 Å². The van der Waals surface area contributed by atoms with Gasteiger partial charge >= 0.3 is 0 Å². The van der Waals surface area contributed by atoms with E-state index < -0.39 is 0 Å². The number of aromatic nitrogens is 1. The first-order chi connectivity index (χ1) is 15.5. The van der Waals surface area contributed by atoms with E-state index in [1.807, 2.05) is 37.3 Å². The fourth-order valence-corrected chi connectivity index (χ4v) is 4.80. The normalized spacial score (nSPS) is 19.8. The smallest absolute Gasteiger partial charge is 0.233 e. The van der Waals surface area contributed by atoms with E-state index in [-0.39, 0.29) is 23.4 Å². The molecule has 1 aromatic heterocycles. The van der Waals surface area contributed by atoms with Crippen LogP contribution in [0.3, 0.4) is 0 Å². The van der Waals surface area contributed by atoms with Gasteiger partial charge in [-0.2, -0.15) is 0 Å². The summed E-state index contributed by atoms with van der Waals surface area (Å²) in [6.45, 7) is 1.86. The molecule has 2 aliphatic rings. The number of nitrogens with zero attached hydrogens (tertiary/aromatic N) is 1. The third-order valence-electron chi connectivity index (χ3n) is 6.38. The van der Waals surface area contributed by atoms with Crippen molar-refractivity contribution in [3.05, 3.63) is 76.1 Å². The van der Waals surface area contributed by atoms with E-state index in [2.05, 4.69) is 10.5 Å². The van der Waals surface area contributed by atoms with Gasteiger partial charge in [0.2, 0.25) is 5.88 Å². The number of phenols is 1. The number of nitrogens with one attached hydrogen (secondary N) is 1. The molecule has 0 saturated heterocycles. The van der Waals surface area contributed by atoms with E-state index >= 15 is 0 Å². The first kappa shape index (κ1) is 20.2. The molecule has 2 aromatic carbocycles. The monoisotopic (exact) mass is 432 g/mol. The lowest BCUT2D eigenvalue weighted by atomic mass is 9.72. The number of methoxy groups -OCH3 is 2. The second-order valence-corrected chi connectivity index (χ2v) is 8.19. The zero-order chi connectivity index (χ0) is 22.4. The third-order valence-corrected chi connectivity index (χ3v) is 6.38. The molecule has 2 N–H and O–H groups in total. The number of fused-ring (bicyclic) bond motifs is 1. The van der Waals surface area contributed by atoms with Gasteiger partial charge in [-0.15, -0.1) is 0 Å². The van der Waals surface area contributed by atoms with Crippen LogP contribution in [0.5, 0.6) is 17.2 Å². The van der Waals surface area contributed by atoms with Crippen molar-refractivity contribution >= 4 is 11.7 Å². The Morgan fingerprint density at radius 1 is 1.06 bits per heavy atom. The van der Waals surface area contributed by atoms with Gasteiger partial charge in [0.15, 0.2) is 17.3 Å². The average molecular weight is 432 g/mol. The van der Waals surface area contributed by atoms with Gasteiger partial charge in [0, 0.05) is 23.6 Å². The summed E-state index contributed by atoms with van der Waals surface area (Å²) in [6.07, 6.45) is 1.08. The highest BCUT2D eigenvalue weighted by atomic mass is 16.5. The molecule has 7 heteroatoms. The predicted octanol–water partition coefficient (Wildman–Crippen LogP) is 4.66. The highest BCUT2D eigenvalue weighted by molar-refractivity contribution is 6.01. The van der Waals surface area contributed by atoms with Crippen LogP contribution in [0.1, 0.15) is 47.1 Å². The molecule has 0 bridgehead atoms. The standard InChI is InChI=1S/C25H24N2O5/c1-13-22-23(15-6-9-21(31-3)19(28)11-15)24-18(26-25(22)32-27-13)10-16(12-20(24)29)14-4-7-17(30-2)8-5-14/h4-9,11,16,23,26,28H,10,12H2,1-3H3/t16-,23+/m1/s1. The predicted molar refractivity (Wildman–Crippen MR) is 118 cm³/mol. The number of benzene rings is 2. The minimum Gasteiger partial charge on any atom is -0.504 e. The molecule has 32 heavy (non-hydrogen) atoms. The van der Waals surface area contributed by atoms with Crippen LogP contribution in [-0.2, 0) is 4.79 Å². The number of Topliss-reactive ketones (excluding diaryl/α,β-unsaturated/α-hetero) is 1. The van der Waals surface area contributed by atoms with Gasteiger partial charge in [-0.3, -0.25) is 4.79 Å². The molecule has 2 atom stereocenters. The van der Waals surface area contributed by atoms with Gasteiger partial charge in [-0.05, 0) is 54.7 Å². The topological polar surface area (TPSA) is 93.8 Å². The van der Waals surface area contributed by atoms with Crippen LogP contribution in [0.25, 0.3) is 0 Å². The lowest BCUT2D eigenvalue weighted by Gasteiger charge is -2.34. The Balaban J connectivity index is 1.58. The molecule has 5 rings (SSSR count). The lowest BCUT2D eigenvalue weighted by Crippen LogP contribution is -2.29. The number of hydrogen-bond acceptors (Lipinski definition) is 7. The molecule has 0 fully saturated rings. The molecular formula is C25H24N2O5. The number of aryl methyl sites for hydroxylation is 1. The quantitative estimate of drug-likeness (QED) is 0.619. The van der Waals surface area contributed by atoms with Crippen LogP contribution >= 0.6 is 0 Å². The number of carbonyl (C=O) groups excluding carboxylic acids is 1. The molecule has 7 nitrogen and oxygen atoms in total. The first-order valence-electron chi connectivity index (χ1n) is 10.5. The number of rotatable bonds is 4. The van der Waals surface area contributed by atoms with Crippen molar-refractivity contribution < 1.29 is 23.9 Å². The van der Waals surface area contributed by atoms with Crippen LogP contribution in [0.4, 0.5) is 5.88 Å². The maximum absolute atomic E-state index is 13.5. The van der Waals surface area contributed by atoms with E-state index in [0.717, 1.165) is 28.1 Å². The van der Waals surface area contributed by atoms with Crippen LogP contribution < -0.4 is 14.8 Å². The van der Waals surface area contributed by atoms with Gasteiger partial charge in [0.05, 0.1) is 25.5 Å². The molecule has 1 aliphatic heterocycles. The van der Waals surface area contributed by atoms with Crippen molar-refractivity contribution in [2.45, 2.75) is 31.6 Å². The zero-order valence-corrected chi connectivity index (χ0v) is 18.1. The Bertz CT molecular complexity index is 1230. The molecule has 3 aromatic rings. The van der Waals surface area contributed by atoms with Crippen LogP contribution in [-0.4, -0.2) is 30.3 Å². The second kappa shape index (κ2) is 7.75. The summed E-state index contributed by atoms with van der Waals surface area (Å²) in [5.74, 6) is 1.50. The Hall–Kier alpha value is -3.74. The number of ether oxygens (including phenoxy) is 2.